The summed E-state index contributed by atoms with van der Waals surface area (Å²) in [4.78, 5) is 6.85. The Morgan fingerprint density at radius 1 is 1.31 bits per heavy atom. The Balaban J connectivity index is 2.30. The monoisotopic (exact) mass is 219 g/mol. The summed E-state index contributed by atoms with van der Waals surface area (Å²) in [5.74, 6) is 0. The maximum Gasteiger partial charge on any atom is 0.0629 e. The minimum absolute atomic E-state index is 0.0944. The molecule has 0 spiro atoms. The number of rotatable bonds is 2. The van der Waals surface area contributed by atoms with E-state index >= 15 is 0 Å². The Hall–Kier alpha value is -0.930. The highest BCUT2D eigenvalue weighted by Crippen LogP contribution is 2.39. The number of nitrogens with zero attached hydrogens (tertiary/aromatic N) is 2. The molecule has 16 heavy (non-hydrogen) atoms. The van der Waals surface area contributed by atoms with Gasteiger partial charge in [-0.2, -0.15) is 0 Å². The quantitative estimate of drug-likeness (QED) is 0.824. The van der Waals surface area contributed by atoms with E-state index in [2.05, 4.69) is 36.1 Å². The van der Waals surface area contributed by atoms with Gasteiger partial charge in [0.2, 0.25) is 0 Å². The zero-order chi connectivity index (χ0) is 11.6. The molecule has 1 fully saturated rings. The molecule has 1 aromatic heterocycles. The average molecular weight is 219 g/mol. The maximum absolute atomic E-state index is 6.00. The van der Waals surface area contributed by atoms with Crippen molar-refractivity contribution in [3.63, 3.8) is 0 Å². The second-order valence-corrected chi connectivity index (χ2v) is 4.98. The van der Waals surface area contributed by atoms with Crippen molar-refractivity contribution in [2.75, 3.05) is 14.1 Å². The normalized spacial score (nSPS) is 30.6. The zero-order valence-electron chi connectivity index (χ0n) is 10.2. The van der Waals surface area contributed by atoms with Gasteiger partial charge in [-0.3, -0.25) is 9.88 Å². The van der Waals surface area contributed by atoms with E-state index in [4.69, 9.17) is 5.73 Å². The molecule has 1 aromatic rings. The summed E-state index contributed by atoms with van der Waals surface area (Å²) in [7, 11) is 4.29. The lowest BCUT2D eigenvalue weighted by Crippen LogP contribution is -2.47. The van der Waals surface area contributed by atoms with E-state index in [1.807, 2.05) is 12.3 Å². The average Bonchev–Trinajstić information content (AvgIpc) is 2.31. The van der Waals surface area contributed by atoms with Crippen LogP contribution >= 0.6 is 0 Å². The molecule has 0 aromatic carbocycles. The van der Waals surface area contributed by atoms with Gasteiger partial charge in [-0.05, 0) is 51.9 Å². The van der Waals surface area contributed by atoms with Crippen LogP contribution in [0.3, 0.4) is 0 Å². The molecule has 0 atom stereocenters. The topological polar surface area (TPSA) is 42.2 Å². The van der Waals surface area contributed by atoms with Gasteiger partial charge in [0.05, 0.1) is 11.2 Å². The Labute approximate surface area is 97.7 Å². The van der Waals surface area contributed by atoms with Crippen LogP contribution in [0.15, 0.2) is 24.4 Å². The number of aromatic nitrogens is 1. The van der Waals surface area contributed by atoms with Crippen molar-refractivity contribution in [3.8, 4) is 0 Å². The summed E-state index contributed by atoms with van der Waals surface area (Å²) in [5, 5.41) is 0. The molecule has 2 rings (SSSR count). The van der Waals surface area contributed by atoms with Crippen LogP contribution in [0.5, 0.6) is 0 Å². The lowest BCUT2D eigenvalue weighted by atomic mass is 9.76. The number of hydrogen-bond donors (Lipinski definition) is 1. The van der Waals surface area contributed by atoms with Crippen LogP contribution in [0.2, 0.25) is 0 Å². The summed E-state index contributed by atoms with van der Waals surface area (Å²) in [6.45, 7) is 0. The fourth-order valence-corrected chi connectivity index (χ4v) is 2.69. The van der Waals surface area contributed by atoms with Crippen LogP contribution in [-0.4, -0.2) is 30.0 Å². The second-order valence-electron chi connectivity index (χ2n) is 4.98. The van der Waals surface area contributed by atoms with E-state index in [0.717, 1.165) is 25.7 Å². The highest BCUT2D eigenvalue weighted by molar-refractivity contribution is 5.17. The molecule has 1 aliphatic carbocycles. The Morgan fingerprint density at radius 2 is 2.00 bits per heavy atom. The van der Waals surface area contributed by atoms with Gasteiger partial charge in [0.25, 0.3) is 0 Å². The molecule has 1 saturated carbocycles. The van der Waals surface area contributed by atoms with Gasteiger partial charge in [-0.25, -0.2) is 0 Å². The van der Waals surface area contributed by atoms with Crippen LogP contribution in [0.4, 0.5) is 0 Å². The maximum atomic E-state index is 6.00. The van der Waals surface area contributed by atoms with Gasteiger partial charge in [0.15, 0.2) is 0 Å². The Morgan fingerprint density at radius 3 is 2.50 bits per heavy atom. The predicted octanol–water partition coefficient (Wildman–Crippen LogP) is 1.74. The molecule has 0 amide bonds. The standard InChI is InChI=1S/C13H21N3/c1-16(2)13(8-6-11(14)7-9-13)12-5-3-4-10-15-12/h3-5,10-11H,6-9,14H2,1-2H3. The molecular formula is C13H21N3. The van der Waals surface area contributed by atoms with Crippen LogP contribution in [0.25, 0.3) is 0 Å². The Bertz CT molecular complexity index is 326. The molecular weight excluding hydrogens is 198 g/mol. The van der Waals surface area contributed by atoms with Gasteiger partial charge in [-0.15, -0.1) is 0 Å². The number of pyridine rings is 1. The van der Waals surface area contributed by atoms with E-state index in [9.17, 15) is 0 Å². The molecule has 1 heterocycles. The third-order valence-electron chi connectivity index (χ3n) is 3.86. The van der Waals surface area contributed by atoms with Crippen molar-refractivity contribution in [3.05, 3.63) is 30.1 Å². The van der Waals surface area contributed by atoms with Crippen LogP contribution < -0.4 is 5.73 Å². The Kier molecular flexibility index (Phi) is 3.26. The summed E-state index contributed by atoms with van der Waals surface area (Å²) in [6, 6.07) is 6.55. The van der Waals surface area contributed by atoms with E-state index in [1.165, 1.54) is 5.69 Å². The van der Waals surface area contributed by atoms with Gasteiger partial charge >= 0.3 is 0 Å². The summed E-state index contributed by atoms with van der Waals surface area (Å²) in [6.07, 6.45) is 6.29. The summed E-state index contributed by atoms with van der Waals surface area (Å²) >= 11 is 0. The first-order valence-corrected chi connectivity index (χ1v) is 6.00. The van der Waals surface area contributed by atoms with Crippen LogP contribution in [0, 0.1) is 0 Å². The van der Waals surface area contributed by atoms with E-state index in [1.54, 1.807) is 0 Å². The zero-order valence-corrected chi connectivity index (χ0v) is 10.2. The molecule has 0 aliphatic heterocycles. The van der Waals surface area contributed by atoms with E-state index in [-0.39, 0.29) is 5.54 Å². The van der Waals surface area contributed by atoms with E-state index in [0.29, 0.717) is 6.04 Å². The number of nitrogens with two attached hydrogens (primary N) is 1. The van der Waals surface area contributed by atoms with Crippen molar-refractivity contribution < 1.29 is 0 Å². The van der Waals surface area contributed by atoms with Crippen molar-refractivity contribution in [1.29, 1.82) is 0 Å². The van der Waals surface area contributed by atoms with Gasteiger partial charge < -0.3 is 5.73 Å². The molecule has 3 nitrogen and oxygen atoms in total. The van der Waals surface area contributed by atoms with Crippen molar-refractivity contribution in [2.45, 2.75) is 37.3 Å². The van der Waals surface area contributed by atoms with Gasteiger partial charge in [0, 0.05) is 12.2 Å². The van der Waals surface area contributed by atoms with E-state index < -0.39 is 0 Å². The van der Waals surface area contributed by atoms with Crippen LogP contribution in [-0.2, 0) is 5.54 Å². The lowest BCUT2D eigenvalue weighted by molar-refractivity contribution is 0.0873. The van der Waals surface area contributed by atoms with Crippen molar-refractivity contribution in [2.24, 2.45) is 5.73 Å². The fourth-order valence-electron chi connectivity index (χ4n) is 2.69. The fraction of sp³-hybridized carbons (Fsp3) is 0.615. The van der Waals surface area contributed by atoms with Crippen molar-refractivity contribution >= 4 is 0 Å². The summed E-state index contributed by atoms with van der Waals surface area (Å²) < 4.78 is 0. The molecule has 1 aliphatic rings. The first-order chi connectivity index (χ1) is 7.65. The lowest BCUT2D eigenvalue weighted by Gasteiger charge is -2.44. The molecule has 0 radical (unpaired) electrons. The second kappa shape index (κ2) is 4.52. The summed E-state index contributed by atoms with van der Waals surface area (Å²) in [5.41, 5.74) is 7.28. The SMILES string of the molecule is CN(C)C1(c2ccccn2)CCC(N)CC1. The smallest absolute Gasteiger partial charge is 0.0629 e. The molecule has 0 saturated heterocycles. The first kappa shape index (κ1) is 11.6. The van der Waals surface area contributed by atoms with Gasteiger partial charge in [0.1, 0.15) is 0 Å². The van der Waals surface area contributed by atoms with Gasteiger partial charge in [-0.1, -0.05) is 6.07 Å². The highest BCUT2D eigenvalue weighted by Gasteiger charge is 2.38. The molecule has 88 valence electrons. The largest absolute Gasteiger partial charge is 0.328 e. The third kappa shape index (κ3) is 1.97. The minimum Gasteiger partial charge on any atom is -0.328 e. The minimum atomic E-state index is 0.0944. The molecule has 0 unspecified atom stereocenters. The number of hydrogen-bond acceptors (Lipinski definition) is 3. The van der Waals surface area contributed by atoms with Crippen molar-refractivity contribution in [1.82, 2.24) is 9.88 Å². The molecule has 2 N–H and O–H groups in total. The first-order valence-electron chi connectivity index (χ1n) is 6.00. The molecule has 0 bridgehead atoms. The van der Waals surface area contributed by atoms with Crippen LogP contribution in [0.1, 0.15) is 31.4 Å². The molecule has 3 heteroatoms. The third-order valence-corrected chi connectivity index (χ3v) is 3.86. The predicted molar refractivity (Wildman–Crippen MR) is 66.0 cm³/mol. The highest BCUT2D eigenvalue weighted by atomic mass is 15.2.